The zero-order valence-electron chi connectivity index (χ0n) is 24.4. The van der Waals surface area contributed by atoms with Crippen LogP contribution in [0.4, 0.5) is 5.69 Å². The van der Waals surface area contributed by atoms with Gasteiger partial charge in [-0.3, -0.25) is 14.4 Å². The average molecular weight is 643 g/mol. The first-order valence-electron chi connectivity index (χ1n) is 15.5. The number of halogens is 1. The molecule has 6 atom stereocenters. The normalized spacial score (nSPS) is 30.3. The summed E-state index contributed by atoms with van der Waals surface area (Å²) in [5, 5.41) is 9.33. The SMILES string of the molecule is C=CCN(C(=O)[C@H]1[C@H]2C(=O)N(CCCCCO)C(C(=O)N(CC=C)C3CCCCC3)C23CC(Br)[C@@H]1O3)c1ccccc1. The van der Waals surface area contributed by atoms with Crippen LogP contribution in [0.2, 0.25) is 0 Å². The summed E-state index contributed by atoms with van der Waals surface area (Å²) in [4.78, 5) is 48.7. The van der Waals surface area contributed by atoms with Crippen LogP contribution in [0.5, 0.6) is 0 Å². The number of rotatable bonds is 13. The summed E-state index contributed by atoms with van der Waals surface area (Å²) in [7, 11) is 0. The second-order valence-corrected chi connectivity index (χ2v) is 13.3. The topological polar surface area (TPSA) is 90.4 Å². The van der Waals surface area contributed by atoms with Gasteiger partial charge in [-0.2, -0.15) is 0 Å². The molecule has 4 fully saturated rings. The molecule has 3 aliphatic heterocycles. The quantitative estimate of drug-likeness (QED) is 0.195. The highest BCUT2D eigenvalue weighted by Crippen LogP contribution is 2.60. The number of fused-ring (bicyclic) bond motifs is 1. The highest BCUT2D eigenvalue weighted by atomic mass is 79.9. The van der Waals surface area contributed by atoms with Crippen LogP contribution in [-0.4, -0.2) is 87.5 Å². The summed E-state index contributed by atoms with van der Waals surface area (Å²) >= 11 is 3.80. The fourth-order valence-corrected chi connectivity index (χ4v) is 8.79. The number of aliphatic hydroxyl groups excluding tert-OH is 1. The fourth-order valence-electron chi connectivity index (χ4n) is 7.85. The number of ether oxygens (including phenoxy) is 1. The van der Waals surface area contributed by atoms with Gasteiger partial charge in [0, 0.05) is 42.8 Å². The number of aliphatic hydroxyl groups is 1. The van der Waals surface area contributed by atoms with Crippen LogP contribution in [0.25, 0.3) is 0 Å². The molecule has 1 aliphatic carbocycles. The molecule has 9 heteroatoms. The standard InChI is InChI=1S/C33H44BrN3O5/c1-3-18-35(23-14-8-5-9-15-23)30(39)26-27-31(40)37(20-12-7-13-21-38)29(33(27)22-25(34)28(26)42-33)32(41)36(19-4-2)24-16-10-6-11-17-24/h3-5,8-9,14-15,24-29,38H,1-2,6-7,10-13,16-22H2/t25?,26-,27-,28-,29?,33?/m0/s1. The van der Waals surface area contributed by atoms with Crippen LogP contribution in [0.1, 0.15) is 57.8 Å². The second-order valence-electron chi connectivity index (χ2n) is 12.1. The number of alkyl halides is 1. The zero-order valence-corrected chi connectivity index (χ0v) is 26.0. The van der Waals surface area contributed by atoms with Crippen molar-refractivity contribution in [2.24, 2.45) is 11.8 Å². The van der Waals surface area contributed by atoms with E-state index in [0.29, 0.717) is 38.9 Å². The van der Waals surface area contributed by atoms with E-state index in [2.05, 4.69) is 29.1 Å². The Bertz CT molecular complexity index is 1160. The molecule has 1 aromatic rings. The minimum absolute atomic E-state index is 0.0862. The van der Waals surface area contributed by atoms with Crippen LogP contribution >= 0.6 is 15.9 Å². The van der Waals surface area contributed by atoms with Crippen LogP contribution in [-0.2, 0) is 19.1 Å². The number of anilines is 1. The minimum Gasteiger partial charge on any atom is -0.396 e. The number of likely N-dealkylation sites (tertiary alicyclic amines) is 1. The van der Waals surface area contributed by atoms with Crippen molar-refractivity contribution < 1.29 is 24.2 Å². The van der Waals surface area contributed by atoms with E-state index in [0.717, 1.165) is 37.8 Å². The number of hydrogen-bond acceptors (Lipinski definition) is 5. The lowest BCUT2D eigenvalue weighted by atomic mass is 9.70. The Hall–Kier alpha value is -2.49. The number of benzene rings is 1. The molecule has 1 aromatic carbocycles. The van der Waals surface area contributed by atoms with Gasteiger partial charge in [-0.1, -0.05) is 65.5 Å². The van der Waals surface area contributed by atoms with E-state index in [9.17, 15) is 19.5 Å². The maximum absolute atomic E-state index is 14.7. The molecule has 3 unspecified atom stereocenters. The lowest BCUT2D eigenvalue weighted by Gasteiger charge is -2.41. The summed E-state index contributed by atoms with van der Waals surface area (Å²) in [5.74, 6) is -1.93. The summed E-state index contributed by atoms with van der Waals surface area (Å²) in [5.41, 5.74) is -0.353. The van der Waals surface area contributed by atoms with Crippen LogP contribution < -0.4 is 4.90 Å². The summed E-state index contributed by atoms with van der Waals surface area (Å²) in [6, 6.07) is 8.72. The Morgan fingerprint density at radius 3 is 2.43 bits per heavy atom. The molecule has 42 heavy (non-hydrogen) atoms. The summed E-state index contributed by atoms with van der Waals surface area (Å²) < 4.78 is 6.78. The van der Waals surface area contributed by atoms with Crippen molar-refractivity contribution in [1.82, 2.24) is 9.80 Å². The van der Waals surface area contributed by atoms with Crippen molar-refractivity contribution in [2.75, 3.05) is 31.1 Å². The Kier molecular flexibility index (Phi) is 9.90. The summed E-state index contributed by atoms with van der Waals surface area (Å²) in [6.07, 6.45) is 10.7. The molecule has 1 spiro atoms. The fraction of sp³-hybridized carbons (Fsp3) is 0.606. The molecule has 3 amide bonds. The number of hydrogen-bond donors (Lipinski definition) is 1. The molecule has 0 aromatic heterocycles. The maximum atomic E-state index is 14.7. The third kappa shape index (κ3) is 5.48. The largest absolute Gasteiger partial charge is 0.396 e. The third-order valence-corrected chi connectivity index (χ3v) is 10.5. The Labute approximate surface area is 257 Å². The highest BCUT2D eigenvalue weighted by molar-refractivity contribution is 9.09. The summed E-state index contributed by atoms with van der Waals surface area (Å²) in [6.45, 7) is 9.00. The molecule has 0 radical (unpaired) electrons. The molecular weight excluding hydrogens is 598 g/mol. The van der Waals surface area contributed by atoms with Gasteiger partial charge < -0.3 is 24.5 Å². The van der Waals surface area contributed by atoms with Crippen molar-refractivity contribution >= 4 is 39.3 Å². The third-order valence-electron chi connectivity index (χ3n) is 9.64. The molecular formula is C33H44BrN3O5. The van der Waals surface area contributed by atoms with Gasteiger partial charge in [-0.05, 0) is 50.7 Å². The first-order valence-corrected chi connectivity index (χ1v) is 16.4. The predicted molar refractivity (Wildman–Crippen MR) is 166 cm³/mol. The lowest BCUT2D eigenvalue weighted by molar-refractivity contribution is -0.150. The van der Waals surface area contributed by atoms with Gasteiger partial charge in [0.2, 0.25) is 17.7 Å². The number of amides is 3. The van der Waals surface area contributed by atoms with Crippen molar-refractivity contribution in [3.8, 4) is 0 Å². The van der Waals surface area contributed by atoms with Gasteiger partial charge in [0.25, 0.3) is 0 Å². The number of carbonyl (C=O) groups excluding carboxylic acids is 3. The van der Waals surface area contributed by atoms with Crippen LogP contribution in [0, 0.1) is 11.8 Å². The van der Waals surface area contributed by atoms with Gasteiger partial charge in [-0.25, -0.2) is 0 Å². The predicted octanol–water partition coefficient (Wildman–Crippen LogP) is 4.46. The highest BCUT2D eigenvalue weighted by Gasteiger charge is 2.77. The molecule has 4 aliphatic rings. The van der Waals surface area contributed by atoms with Gasteiger partial charge in [-0.15, -0.1) is 13.2 Å². The molecule has 1 saturated carbocycles. The van der Waals surface area contributed by atoms with Gasteiger partial charge in [0.05, 0.1) is 17.9 Å². The van der Waals surface area contributed by atoms with E-state index in [1.165, 1.54) is 6.42 Å². The molecule has 228 valence electrons. The molecule has 3 heterocycles. The minimum atomic E-state index is -1.09. The molecule has 8 nitrogen and oxygen atoms in total. The molecule has 5 rings (SSSR count). The average Bonchev–Trinajstić information content (AvgIpc) is 3.60. The Morgan fingerprint density at radius 2 is 1.76 bits per heavy atom. The van der Waals surface area contributed by atoms with Crippen LogP contribution in [0.3, 0.4) is 0 Å². The van der Waals surface area contributed by atoms with E-state index >= 15 is 0 Å². The Morgan fingerprint density at radius 1 is 1.05 bits per heavy atom. The van der Waals surface area contributed by atoms with Gasteiger partial charge >= 0.3 is 0 Å². The molecule has 3 saturated heterocycles. The van der Waals surface area contributed by atoms with E-state index < -0.39 is 29.6 Å². The van der Waals surface area contributed by atoms with Gasteiger partial charge in [0.1, 0.15) is 11.6 Å². The van der Waals surface area contributed by atoms with Crippen LogP contribution in [0.15, 0.2) is 55.6 Å². The Balaban J connectivity index is 1.53. The smallest absolute Gasteiger partial charge is 0.248 e. The monoisotopic (exact) mass is 641 g/mol. The number of nitrogens with zero attached hydrogens (tertiary/aromatic N) is 3. The van der Waals surface area contributed by atoms with Crippen molar-refractivity contribution in [3.63, 3.8) is 0 Å². The number of unbranched alkanes of at least 4 members (excludes halogenated alkanes) is 2. The number of carbonyl (C=O) groups is 3. The molecule has 2 bridgehead atoms. The van der Waals surface area contributed by atoms with Gasteiger partial charge in [0.15, 0.2) is 0 Å². The second kappa shape index (κ2) is 13.4. The van der Waals surface area contributed by atoms with Crippen molar-refractivity contribution in [3.05, 3.63) is 55.6 Å². The van der Waals surface area contributed by atoms with Crippen molar-refractivity contribution in [2.45, 2.75) is 86.4 Å². The molecule has 1 N–H and O–H groups in total. The van der Waals surface area contributed by atoms with E-state index in [-0.39, 0.29) is 35.2 Å². The van der Waals surface area contributed by atoms with E-state index in [1.54, 1.807) is 22.0 Å². The maximum Gasteiger partial charge on any atom is 0.248 e. The van der Waals surface area contributed by atoms with E-state index in [4.69, 9.17) is 4.74 Å². The first kappa shape index (κ1) is 31.0. The zero-order chi connectivity index (χ0) is 29.9. The van der Waals surface area contributed by atoms with E-state index in [1.807, 2.05) is 35.2 Å². The number of para-hydroxylation sites is 1. The lowest BCUT2D eigenvalue weighted by Crippen LogP contribution is -2.59. The first-order chi connectivity index (χ1) is 20.4. The van der Waals surface area contributed by atoms with Crippen molar-refractivity contribution in [1.29, 1.82) is 0 Å².